The van der Waals surface area contributed by atoms with Gasteiger partial charge in [-0.2, -0.15) is 13.2 Å². The second-order valence-corrected chi connectivity index (χ2v) is 4.81. The van der Waals surface area contributed by atoms with Gasteiger partial charge >= 0.3 is 12.1 Å². The van der Waals surface area contributed by atoms with Crippen LogP contribution in [0.2, 0.25) is 0 Å². The number of aromatic nitrogens is 2. The fourth-order valence-electron chi connectivity index (χ4n) is 2.24. The van der Waals surface area contributed by atoms with Crippen LogP contribution in [-0.4, -0.2) is 21.0 Å². The van der Waals surface area contributed by atoms with Crippen LogP contribution in [0, 0.1) is 0 Å². The number of benzene rings is 1. The van der Waals surface area contributed by atoms with Gasteiger partial charge in [-0.3, -0.25) is 4.98 Å². The molecule has 0 radical (unpaired) electrons. The van der Waals surface area contributed by atoms with Gasteiger partial charge < -0.3 is 5.11 Å². The number of aromatic carboxylic acids is 1. The zero-order valence-corrected chi connectivity index (χ0v) is 11.5. The van der Waals surface area contributed by atoms with Crippen molar-refractivity contribution >= 4 is 17.0 Å². The molecular formula is C16H9F3N2O2. The molecule has 2 aromatic heterocycles. The summed E-state index contributed by atoms with van der Waals surface area (Å²) in [6, 6.07) is 9.07. The van der Waals surface area contributed by atoms with Crippen molar-refractivity contribution in [2.45, 2.75) is 6.18 Å². The van der Waals surface area contributed by atoms with Crippen LogP contribution < -0.4 is 0 Å². The number of halogens is 3. The highest BCUT2D eigenvalue weighted by Gasteiger charge is 2.30. The Balaban J connectivity index is 2.24. The summed E-state index contributed by atoms with van der Waals surface area (Å²) in [5, 5.41) is 9.02. The fraction of sp³-hybridized carbons (Fsp3) is 0.0625. The first-order chi connectivity index (χ1) is 10.9. The SMILES string of the molecule is O=C(O)c1ccc2nccc(-c3cccc(C(F)(F)F)c3)c2n1. The van der Waals surface area contributed by atoms with E-state index < -0.39 is 17.7 Å². The number of pyridine rings is 2. The number of carbonyl (C=O) groups is 1. The highest BCUT2D eigenvalue weighted by Crippen LogP contribution is 2.33. The van der Waals surface area contributed by atoms with E-state index in [1.807, 2.05) is 0 Å². The Bertz CT molecular complexity index is 907. The Labute approximate surface area is 128 Å². The van der Waals surface area contributed by atoms with Crippen LogP contribution in [-0.2, 0) is 6.18 Å². The van der Waals surface area contributed by atoms with Crippen molar-refractivity contribution in [3.8, 4) is 11.1 Å². The first-order valence-electron chi connectivity index (χ1n) is 6.53. The molecule has 0 bridgehead atoms. The molecule has 116 valence electrons. The van der Waals surface area contributed by atoms with Crippen LogP contribution in [0.25, 0.3) is 22.2 Å². The summed E-state index contributed by atoms with van der Waals surface area (Å²) in [4.78, 5) is 19.1. The Morgan fingerprint density at radius 1 is 1.09 bits per heavy atom. The number of hydrogen-bond acceptors (Lipinski definition) is 3. The molecule has 2 heterocycles. The third kappa shape index (κ3) is 2.85. The molecular weight excluding hydrogens is 309 g/mol. The van der Waals surface area contributed by atoms with Gasteiger partial charge in [0.15, 0.2) is 0 Å². The molecule has 0 aliphatic carbocycles. The quantitative estimate of drug-likeness (QED) is 0.775. The minimum Gasteiger partial charge on any atom is -0.477 e. The maximum Gasteiger partial charge on any atom is 0.416 e. The lowest BCUT2D eigenvalue weighted by molar-refractivity contribution is -0.137. The first kappa shape index (κ1) is 15.0. The lowest BCUT2D eigenvalue weighted by atomic mass is 10.0. The largest absolute Gasteiger partial charge is 0.477 e. The summed E-state index contributed by atoms with van der Waals surface area (Å²) < 4.78 is 38.6. The molecule has 1 N–H and O–H groups in total. The minimum atomic E-state index is -4.46. The number of rotatable bonds is 2. The van der Waals surface area contributed by atoms with E-state index in [-0.39, 0.29) is 11.2 Å². The monoisotopic (exact) mass is 318 g/mol. The molecule has 0 fully saturated rings. The Morgan fingerprint density at radius 3 is 2.57 bits per heavy atom. The van der Waals surface area contributed by atoms with Gasteiger partial charge in [0.25, 0.3) is 0 Å². The molecule has 0 aliphatic rings. The molecule has 0 amide bonds. The lowest BCUT2D eigenvalue weighted by Crippen LogP contribution is -2.05. The molecule has 0 aliphatic heterocycles. The molecule has 0 spiro atoms. The van der Waals surface area contributed by atoms with Crippen molar-refractivity contribution in [1.29, 1.82) is 0 Å². The van der Waals surface area contributed by atoms with Gasteiger partial charge in [0.05, 0.1) is 16.6 Å². The zero-order valence-electron chi connectivity index (χ0n) is 11.5. The molecule has 3 aromatic rings. The van der Waals surface area contributed by atoms with Gasteiger partial charge in [0, 0.05) is 11.8 Å². The summed E-state index contributed by atoms with van der Waals surface area (Å²) in [7, 11) is 0. The topological polar surface area (TPSA) is 63.1 Å². The number of fused-ring (bicyclic) bond motifs is 1. The van der Waals surface area contributed by atoms with Crippen molar-refractivity contribution in [2.75, 3.05) is 0 Å². The standard InChI is InChI=1S/C16H9F3N2O2/c17-16(18,19)10-3-1-2-9(8-10)11-6-7-20-12-4-5-13(15(22)23)21-14(11)12/h1-8H,(H,22,23). The molecule has 1 aromatic carbocycles. The molecule has 0 saturated heterocycles. The Kier molecular flexibility index (Phi) is 3.48. The van der Waals surface area contributed by atoms with E-state index >= 15 is 0 Å². The average molecular weight is 318 g/mol. The van der Waals surface area contributed by atoms with Gasteiger partial charge in [-0.25, -0.2) is 9.78 Å². The van der Waals surface area contributed by atoms with Crippen LogP contribution in [0.4, 0.5) is 13.2 Å². The molecule has 4 nitrogen and oxygen atoms in total. The van der Waals surface area contributed by atoms with E-state index in [1.165, 1.54) is 36.5 Å². The summed E-state index contributed by atoms with van der Waals surface area (Å²) in [5.41, 5.74) is 0.358. The van der Waals surface area contributed by atoms with Crippen LogP contribution in [0.5, 0.6) is 0 Å². The maximum absolute atomic E-state index is 12.9. The highest BCUT2D eigenvalue weighted by atomic mass is 19.4. The number of hydrogen-bond donors (Lipinski definition) is 1. The predicted molar refractivity (Wildman–Crippen MR) is 76.9 cm³/mol. The van der Waals surface area contributed by atoms with E-state index in [9.17, 15) is 18.0 Å². The van der Waals surface area contributed by atoms with Crippen molar-refractivity contribution in [3.63, 3.8) is 0 Å². The molecule has 0 saturated carbocycles. The molecule has 3 rings (SSSR count). The molecule has 0 unspecified atom stereocenters. The molecule has 0 atom stereocenters. The second-order valence-electron chi connectivity index (χ2n) is 4.81. The van der Waals surface area contributed by atoms with Crippen LogP contribution >= 0.6 is 0 Å². The van der Waals surface area contributed by atoms with Crippen LogP contribution in [0.1, 0.15) is 16.1 Å². The number of alkyl halides is 3. The van der Waals surface area contributed by atoms with E-state index in [4.69, 9.17) is 5.11 Å². The van der Waals surface area contributed by atoms with Crippen molar-refractivity contribution in [3.05, 3.63) is 59.9 Å². The van der Waals surface area contributed by atoms with Crippen molar-refractivity contribution in [2.24, 2.45) is 0 Å². The number of carboxylic acids is 1. The summed E-state index contributed by atoms with van der Waals surface area (Å²) >= 11 is 0. The van der Waals surface area contributed by atoms with Crippen LogP contribution in [0.3, 0.4) is 0 Å². The summed E-state index contributed by atoms with van der Waals surface area (Å²) in [6.07, 6.45) is -3.02. The second kappa shape index (κ2) is 5.35. The summed E-state index contributed by atoms with van der Waals surface area (Å²) in [6.45, 7) is 0. The fourth-order valence-corrected chi connectivity index (χ4v) is 2.24. The van der Waals surface area contributed by atoms with E-state index in [2.05, 4.69) is 9.97 Å². The van der Waals surface area contributed by atoms with Gasteiger partial charge in [0.1, 0.15) is 5.69 Å². The first-order valence-corrected chi connectivity index (χ1v) is 6.53. The highest BCUT2D eigenvalue weighted by molar-refractivity contribution is 5.95. The predicted octanol–water partition coefficient (Wildman–Crippen LogP) is 4.01. The summed E-state index contributed by atoms with van der Waals surface area (Å²) in [5.74, 6) is -1.22. The Hall–Kier alpha value is -2.96. The van der Waals surface area contributed by atoms with Crippen LogP contribution in [0.15, 0.2) is 48.7 Å². The van der Waals surface area contributed by atoms with Crippen molar-refractivity contribution < 1.29 is 23.1 Å². The van der Waals surface area contributed by atoms with E-state index in [0.29, 0.717) is 16.6 Å². The third-order valence-electron chi connectivity index (χ3n) is 3.30. The third-order valence-corrected chi connectivity index (χ3v) is 3.30. The van der Waals surface area contributed by atoms with Gasteiger partial charge in [-0.15, -0.1) is 0 Å². The Morgan fingerprint density at radius 2 is 1.87 bits per heavy atom. The van der Waals surface area contributed by atoms with E-state index in [1.54, 1.807) is 0 Å². The minimum absolute atomic E-state index is 0.196. The van der Waals surface area contributed by atoms with E-state index in [0.717, 1.165) is 12.1 Å². The average Bonchev–Trinajstić information content (AvgIpc) is 2.53. The van der Waals surface area contributed by atoms with Crippen molar-refractivity contribution in [1.82, 2.24) is 9.97 Å². The lowest BCUT2D eigenvalue weighted by Gasteiger charge is -2.10. The molecule has 7 heteroatoms. The smallest absolute Gasteiger partial charge is 0.416 e. The maximum atomic E-state index is 12.9. The van der Waals surface area contributed by atoms with Gasteiger partial charge in [-0.1, -0.05) is 12.1 Å². The number of nitrogens with zero attached hydrogens (tertiary/aromatic N) is 2. The normalized spacial score (nSPS) is 11.6. The number of carboxylic acid groups (broad SMARTS) is 1. The van der Waals surface area contributed by atoms with Gasteiger partial charge in [-0.05, 0) is 35.9 Å². The molecule has 23 heavy (non-hydrogen) atoms. The zero-order chi connectivity index (χ0) is 16.6. The van der Waals surface area contributed by atoms with Gasteiger partial charge in [0.2, 0.25) is 0 Å².